The Kier molecular flexibility index (Phi) is 15.7. The highest BCUT2D eigenvalue weighted by atomic mass is 31.2. The first-order chi connectivity index (χ1) is 16.0. The summed E-state index contributed by atoms with van der Waals surface area (Å²) >= 11 is 0. The van der Waals surface area contributed by atoms with Gasteiger partial charge in [-0.15, -0.1) is 0 Å². The summed E-state index contributed by atoms with van der Waals surface area (Å²) in [5.74, 6) is 2.13. The molecule has 2 aliphatic carbocycles. The Balaban J connectivity index is 0.000000442. The summed E-state index contributed by atoms with van der Waals surface area (Å²) in [5.41, 5.74) is 3.47. The van der Waals surface area contributed by atoms with E-state index in [1.807, 2.05) is 32.9 Å². The minimum absolute atomic E-state index is 0. The van der Waals surface area contributed by atoms with Gasteiger partial charge in [-0.25, -0.2) is 0 Å². The molecule has 3 rings (SSSR count). The molecular formula is C27H48NO5P. The minimum atomic E-state index is -0.943. The van der Waals surface area contributed by atoms with Crippen molar-refractivity contribution >= 4 is 13.9 Å². The van der Waals surface area contributed by atoms with Gasteiger partial charge >= 0.3 is 0 Å². The number of aromatic nitrogens is 1. The average Bonchev–Trinajstić information content (AvgIpc) is 3.13. The fourth-order valence-corrected chi connectivity index (χ4v) is 5.64. The number of nitrogens with zero attached hydrogens (tertiary/aromatic N) is 1. The normalized spacial score (nSPS) is 19.8. The van der Waals surface area contributed by atoms with Gasteiger partial charge in [-0.1, -0.05) is 27.2 Å². The van der Waals surface area contributed by atoms with Crippen LogP contribution in [0.15, 0.2) is 30.2 Å². The second kappa shape index (κ2) is 17.3. The number of methoxy groups -OCH3 is 1. The quantitative estimate of drug-likeness (QED) is 0.256. The van der Waals surface area contributed by atoms with Gasteiger partial charge in [0.25, 0.3) is 0 Å². The maximum Gasteiger partial charge on any atom is 0.198 e. The highest BCUT2D eigenvalue weighted by Gasteiger charge is 2.18. The molecule has 0 bridgehead atoms. The Bertz CT molecular complexity index is 737. The highest BCUT2D eigenvalue weighted by Crippen LogP contribution is 2.37. The second-order valence-electron chi connectivity index (χ2n) is 8.84. The molecule has 1 saturated carbocycles. The van der Waals surface area contributed by atoms with Gasteiger partial charge in [0, 0.05) is 32.2 Å². The third-order valence-electron chi connectivity index (χ3n) is 5.98. The van der Waals surface area contributed by atoms with E-state index < -0.39 is 8.38 Å². The lowest BCUT2D eigenvalue weighted by molar-refractivity contribution is 0.117. The van der Waals surface area contributed by atoms with Crippen LogP contribution >= 0.6 is 8.38 Å². The van der Waals surface area contributed by atoms with Crippen molar-refractivity contribution in [3.05, 3.63) is 41.4 Å². The van der Waals surface area contributed by atoms with E-state index in [1.54, 1.807) is 7.11 Å². The molecule has 2 atom stereocenters. The minimum Gasteiger partial charge on any atom is -0.508 e. The molecule has 0 spiro atoms. The van der Waals surface area contributed by atoms with Crippen LogP contribution in [0.1, 0.15) is 72.1 Å². The molecule has 1 fully saturated rings. The smallest absolute Gasteiger partial charge is 0.198 e. The summed E-state index contributed by atoms with van der Waals surface area (Å²) in [5, 5.41) is 9.74. The molecule has 7 heteroatoms. The van der Waals surface area contributed by atoms with Gasteiger partial charge in [-0.05, 0) is 81.2 Å². The van der Waals surface area contributed by atoms with Crippen molar-refractivity contribution in [3.63, 3.8) is 0 Å². The standard InChI is InChI=1S/C17H26NO4P.C9H18O.CH4/c1-4-21-23(22-5-2)13-20-11-10-18-9-8-15-6-7-16(19)12-14(3)17(15)18;1-8-4-3-5-9(6-8)7-10-2;/h7-9,12,19H,4-6,10-11,13H2,1-3H3;8-9H,3-7H2,1-2H3;1H4. The third kappa shape index (κ3) is 10.6. The molecule has 1 N–H and O–H groups in total. The molecule has 34 heavy (non-hydrogen) atoms. The monoisotopic (exact) mass is 497 g/mol. The molecule has 0 aromatic carbocycles. The predicted octanol–water partition coefficient (Wildman–Crippen LogP) is 7.34. The summed E-state index contributed by atoms with van der Waals surface area (Å²) in [6.45, 7) is 11.9. The number of hydrogen-bond acceptors (Lipinski definition) is 5. The van der Waals surface area contributed by atoms with Crippen LogP contribution in [0.4, 0.5) is 0 Å². The number of fused-ring (bicyclic) bond motifs is 1. The van der Waals surface area contributed by atoms with Crippen molar-refractivity contribution in [1.82, 2.24) is 4.57 Å². The topological polar surface area (TPSA) is 62.1 Å². The first-order valence-electron chi connectivity index (χ1n) is 12.3. The molecule has 2 aliphatic rings. The molecular weight excluding hydrogens is 449 g/mol. The van der Waals surface area contributed by atoms with Crippen LogP contribution in [0.2, 0.25) is 0 Å². The van der Waals surface area contributed by atoms with Gasteiger partial charge in [-0.3, -0.25) is 0 Å². The number of aliphatic hydroxyl groups is 1. The summed E-state index contributed by atoms with van der Waals surface area (Å²) in [6.07, 6.45) is 12.6. The molecule has 0 saturated heterocycles. The summed E-state index contributed by atoms with van der Waals surface area (Å²) in [6, 6.07) is 2.11. The van der Waals surface area contributed by atoms with Gasteiger partial charge in [0.1, 0.15) is 12.1 Å². The van der Waals surface area contributed by atoms with Gasteiger partial charge in [0.05, 0.1) is 19.8 Å². The van der Waals surface area contributed by atoms with Crippen LogP contribution in [0.5, 0.6) is 0 Å². The molecule has 0 radical (unpaired) electrons. The lowest BCUT2D eigenvalue weighted by Crippen LogP contribution is -2.17. The third-order valence-corrected chi connectivity index (χ3v) is 7.47. The maximum absolute atomic E-state index is 9.74. The van der Waals surface area contributed by atoms with Crippen molar-refractivity contribution in [1.29, 1.82) is 0 Å². The lowest BCUT2D eigenvalue weighted by Gasteiger charge is -2.25. The number of aliphatic hydroxyl groups excluding tert-OH is 1. The van der Waals surface area contributed by atoms with E-state index in [0.29, 0.717) is 31.9 Å². The first kappa shape index (κ1) is 30.9. The van der Waals surface area contributed by atoms with E-state index in [-0.39, 0.29) is 7.43 Å². The zero-order valence-electron chi connectivity index (χ0n) is 21.2. The van der Waals surface area contributed by atoms with Gasteiger partial charge in [0.2, 0.25) is 0 Å². The van der Waals surface area contributed by atoms with Crippen LogP contribution < -0.4 is 0 Å². The average molecular weight is 498 g/mol. The molecule has 1 heterocycles. The maximum atomic E-state index is 9.74. The largest absolute Gasteiger partial charge is 0.508 e. The Morgan fingerprint density at radius 3 is 2.56 bits per heavy atom. The zero-order chi connectivity index (χ0) is 24.1. The zero-order valence-corrected chi connectivity index (χ0v) is 22.1. The van der Waals surface area contributed by atoms with Crippen LogP contribution in [-0.4, -0.2) is 49.6 Å². The van der Waals surface area contributed by atoms with Crippen LogP contribution in [0.25, 0.3) is 5.57 Å². The predicted molar refractivity (Wildman–Crippen MR) is 143 cm³/mol. The Morgan fingerprint density at radius 1 is 1.18 bits per heavy atom. The van der Waals surface area contributed by atoms with Crippen molar-refractivity contribution in [2.24, 2.45) is 11.8 Å². The molecule has 1 aromatic rings. The van der Waals surface area contributed by atoms with Crippen molar-refractivity contribution < 1.29 is 23.6 Å². The number of hydrogen-bond donors (Lipinski definition) is 1. The van der Waals surface area contributed by atoms with Crippen molar-refractivity contribution in [2.45, 2.75) is 73.8 Å². The molecule has 196 valence electrons. The van der Waals surface area contributed by atoms with E-state index in [4.69, 9.17) is 18.5 Å². The summed E-state index contributed by atoms with van der Waals surface area (Å²) in [4.78, 5) is 0. The fourth-order valence-electron chi connectivity index (χ4n) is 4.56. The Hall–Kier alpha value is -1.17. The Labute approximate surface area is 209 Å². The molecule has 0 amide bonds. The van der Waals surface area contributed by atoms with E-state index in [1.165, 1.54) is 36.9 Å². The molecule has 0 aliphatic heterocycles. The van der Waals surface area contributed by atoms with E-state index in [9.17, 15) is 5.11 Å². The van der Waals surface area contributed by atoms with Crippen LogP contribution in [0, 0.1) is 11.8 Å². The first-order valence-corrected chi connectivity index (χ1v) is 13.7. The van der Waals surface area contributed by atoms with Crippen molar-refractivity contribution in [2.75, 3.05) is 39.9 Å². The number of rotatable bonds is 11. The fraction of sp³-hybridized carbons (Fsp3) is 0.704. The van der Waals surface area contributed by atoms with E-state index >= 15 is 0 Å². The van der Waals surface area contributed by atoms with Gasteiger partial charge < -0.3 is 28.2 Å². The Morgan fingerprint density at radius 2 is 1.91 bits per heavy atom. The van der Waals surface area contributed by atoms with Gasteiger partial charge in [0.15, 0.2) is 8.38 Å². The van der Waals surface area contributed by atoms with Crippen LogP contribution in [-0.2, 0) is 31.5 Å². The van der Waals surface area contributed by atoms with Crippen LogP contribution in [0.3, 0.4) is 0 Å². The second-order valence-corrected chi connectivity index (χ2v) is 10.3. The summed E-state index contributed by atoms with van der Waals surface area (Å²) in [7, 11) is 0.862. The highest BCUT2D eigenvalue weighted by molar-refractivity contribution is 7.47. The van der Waals surface area contributed by atoms with Gasteiger partial charge in [-0.2, -0.15) is 0 Å². The van der Waals surface area contributed by atoms with Crippen molar-refractivity contribution in [3.8, 4) is 0 Å². The molecule has 6 nitrogen and oxygen atoms in total. The molecule has 1 aromatic heterocycles. The van der Waals surface area contributed by atoms with E-state index in [0.717, 1.165) is 37.0 Å². The summed E-state index contributed by atoms with van der Waals surface area (Å²) < 4.78 is 24.1. The SMILES string of the molecule is C.CCOP(COCCn1ccc2c1C(C)=CC(O)=CC2)OCC.COCC1CCCC(C)C1. The number of allylic oxidation sites excluding steroid dienone is 3. The lowest BCUT2D eigenvalue weighted by atomic mass is 9.83. The van der Waals surface area contributed by atoms with E-state index in [2.05, 4.69) is 23.8 Å². The number of ether oxygens (including phenoxy) is 2. The molecule has 2 unspecified atom stereocenters.